The van der Waals surface area contributed by atoms with Crippen molar-refractivity contribution in [1.29, 1.82) is 0 Å². The minimum Gasteiger partial charge on any atom is -0.341 e. The molecule has 0 saturated carbocycles. The molecule has 2 aliphatic heterocycles. The Labute approximate surface area is 186 Å². The lowest BCUT2D eigenvalue weighted by molar-refractivity contribution is -0.132. The molecule has 0 radical (unpaired) electrons. The van der Waals surface area contributed by atoms with E-state index in [1.807, 2.05) is 59.5 Å². The lowest BCUT2D eigenvalue weighted by atomic mass is 10.1. The summed E-state index contributed by atoms with van der Waals surface area (Å²) >= 11 is 0. The lowest BCUT2D eigenvalue weighted by Gasteiger charge is -2.27. The summed E-state index contributed by atoms with van der Waals surface area (Å²) in [6.45, 7) is 3.18. The van der Waals surface area contributed by atoms with E-state index >= 15 is 0 Å². The Morgan fingerprint density at radius 2 is 1.75 bits per heavy atom. The second-order valence-electron chi connectivity index (χ2n) is 8.19. The molecule has 1 fully saturated rings. The molecule has 2 amide bonds. The maximum atomic E-state index is 13.2. The zero-order valence-electron chi connectivity index (χ0n) is 17.9. The summed E-state index contributed by atoms with van der Waals surface area (Å²) in [4.78, 5) is 37.7. The molecule has 2 aliphatic rings. The van der Waals surface area contributed by atoms with Gasteiger partial charge in [0, 0.05) is 39.0 Å². The molecule has 0 unspecified atom stereocenters. The van der Waals surface area contributed by atoms with Crippen LogP contribution in [-0.2, 0) is 16.1 Å². The van der Waals surface area contributed by atoms with Crippen molar-refractivity contribution < 1.29 is 9.59 Å². The maximum absolute atomic E-state index is 13.2. The number of aromatic nitrogens is 2. The summed E-state index contributed by atoms with van der Waals surface area (Å²) in [5, 5.41) is 5.88. The predicted molar refractivity (Wildman–Crippen MR) is 123 cm³/mol. The Bertz CT molecular complexity index is 1120. The first kappa shape index (κ1) is 20.2. The van der Waals surface area contributed by atoms with Crippen molar-refractivity contribution in [3.8, 4) is 0 Å². The molecule has 0 atom stereocenters. The number of carbonyl (C=O) groups is 2. The second-order valence-corrected chi connectivity index (χ2v) is 8.19. The minimum absolute atomic E-state index is 0.0441. The van der Waals surface area contributed by atoms with Gasteiger partial charge in [-0.3, -0.25) is 9.59 Å². The van der Waals surface area contributed by atoms with Crippen LogP contribution >= 0.6 is 0 Å². The molecule has 1 N–H and O–H groups in total. The van der Waals surface area contributed by atoms with E-state index in [0.717, 1.165) is 35.5 Å². The number of nitrogens with one attached hydrogen (secondary N) is 1. The molecule has 0 aliphatic carbocycles. The van der Waals surface area contributed by atoms with Crippen LogP contribution < -0.4 is 4.90 Å². The maximum Gasteiger partial charge on any atom is 0.270 e. The molecular weight excluding hydrogens is 404 g/mol. The van der Waals surface area contributed by atoms with Gasteiger partial charge in [0.2, 0.25) is 11.9 Å². The van der Waals surface area contributed by atoms with Gasteiger partial charge in [0.05, 0.1) is 17.6 Å². The van der Waals surface area contributed by atoms with Crippen LogP contribution in [0.4, 0.5) is 5.95 Å². The summed E-state index contributed by atoms with van der Waals surface area (Å²) in [5.41, 5.74) is 3.42. The average molecular weight is 431 g/mol. The first-order valence-electron chi connectivity index (χ1n) is 11.1. The fourth-order valence-electron chi connectivity index (χ4n) is 4.24. The number of H-pyrrole nitrogens is 1. The molecule has 3 heterocycles. The van der Waals surface area contributed by atoms with Gasteiger partial charge in [0.1, 0.15) is 5.71 Å². The number of nitrogens with zero attached hydrogens (tertiary/aromatic N) is 5. The van der Waals surface area contributed by atoms with Crippen molar-refractivity contribution in [2.45, 2.75) is 25.8 Å². The predicted octanol–water partition coefficient (Wildman–Crippen LogP) is 2.78. The zero-order chi connectivity index (χ0) is 21.9. The number of imidazole rings is 1. The monoisotopic (exact) mass is 430 g/mol. The number of fused-ring (bicyclic) bond motifs is 1. The molecular formula is C24H26N6O2. The third kappa shape index (κ3) is 4.21. The highest BCUT2D eigenvalue weighted by Crippen LogP contribution is 2.20. The smallest absolute Gasteiger partial charge is 0.270 e. The number of hydrazone groups is 1. The summed E-state index contributed by atoms with van der Waals surface area (Å²) < 4.78 is 0. The SMILES string of the molecule is O=C(C1=NN(Cc2ccccc2)C(=O)CC1)N1CCCN(c2nc3ccccc3[nH]2)CC1. The number of hydrogen-bond donors (Lipinski definition) is 1. The molecule has 8 heteroatoms. The van der Waals surface area contributed by atoms with Crippen LogP contribution in [0.25, 0.3) is 11.0 Å². The molecule has 8 nitrogen and oxygen atoms in total. The molecule has 1 aromatic heterocycles. The van der Waals surface area contributed by atoms with Gasteiger partial charge in [-0.05, 0) is 24.1 Å². The van der Waals surface area contributed by atoms with Crippen molar-refractivity contribution in [2.24, 2.45) is 5.10 Å². The Balaban J connectivity index is 1.26. The van der Waals surface area contributed by atoms with E-state index < -0.39 is 0 Å². The number of amides is 2. The first-order chi connectivity index (χ1) is 15.7. The molecule has 32 heavy (non-hydrogen) atoms. The van der Waals surface area contributed by atoms with Gasteiger partial charge in [-0.1, -0.05) is 42.5 Å². The second kappa shape index (κ2) is 8.82. The number of benzene rings is 2. The van der Waals surface area contributed by atoms with E-state index in [-0.39, 0.29) is 11.8 Å². The van der Waals surface area contributed by atoms with Crippen LogP contribution in [0.5, 0.6) is 0 Å². The number of rotatable bonds is 4. The van der Waals surface area contributed by atoms with Gasteiger partial charge < -0.3 is 14.8 Å². The van der Waals surface area contributed by atoms with Crippen LogP contribution in [0, 0.1) is 0 Å². The lowest BCUT2D eigenvalue weighted by Crippen LogP contribution is -2.43. The third-order valence-corrected chi connectivity index (χ3v) is 5.99. The summed E-state index contributed by atoms with van der Waals surface area (Å²) in [7, 11) is 0. The molecule has 164 valence electrons. The van der Waals surface area contributed by atoms with Gasteiger partial charge in [-0.2, -0.15) is 5.10 Å². The Kier molecular flexibility index (Phi) is 5.58. The molecule has 5 rings (SSSR count). The van der Waals surface area contributed by atoms with Crippen LogP contribution in [0.2, 0.25) is 0 Å². The van der Waals surface area contributed by atoms with E-state index in [2.05, 4.69) is 15.0 Å². The van der Waals surface area contributed by atoms with Crippen molar-refractivity contribution in [2.75, 3.05) is 31.1 Å². The fourth-order valence-corrected chi connectivity index (χ4v) is 4.24. The number of aromatic amines is 1. The highest BCUT2D eigenvalue weighted by Gasteiger charge is 2.29. The first-order valence-corrected chi connectivity index (χ1v) is 11.1. The Hall–Kier alpha value is -3.68. The van der Waals surface area contributed by atoms with Crippen LogP contribution in [0.1, 0.15) is 24.8 Å². The van der Waals surface area contributed by atoms with E-state index in [1.54, 1.807) is 0 Å². The van der Waals surface area contributed by atoms with Gasteiger partial charge >= 0.3 is 0 Å². The topological polar surface area (TPSA) is 84.9 Å². The Morgan fingerprint density at radius 1 is 0.938 bits per heavy atom. The summed E-state index contributed by atoms with van der Waals surface area (Å²) in [6.07, 6.45) is 1.56. The number of carbonyl (C=O) groups excluding carboxylic acids is 2. The molecule has 0 bridgehead atoms. The molecule has 1 saturated heterocycles. The van der Waals surface area contributed by atoms with Crippen molar-refractivity contribution in [3.63, 3.8) is 0 Å². The van der Waals surface area contributed by atoms with Gasteiger partial charge in [0.25, 0.3) is 5.91 Å². The van der Waals surface area contributed by atoms with Crippen LogP contribution in [0.3, 0.4) is 0 Å². The quantitative estimate of drug-likeness (QED) is 0.690. The van der Waals surface area contributed by atoms with Crippen LogP contribution in [-0.4, -0.2) is 63.6 Å². The third-order valence-electron chi connectivity index (χ3n) is 5.99. The standard InChI is InChI=1S/C24H26N6O2/c31-22-12-11-21(27-30(22)17-18-7-2-1-3-8-18)23(32)28-13-6-14-29(16-15-28)24-25-19-9-4-5-10-20(19)26-24/h1-5,7-10H,6,11-17H2,(H,25,26). The largest absolute Gasteiger partial charge is 0.341 e. The van der Waals surface area contributed by atoms with E-state index in [1.165, 1.54) is 5.01 Å². The average Bonchev–Trinajstić information content (AvgIpc) is 3.10. The fraction of sp³-hybridized carbons (Fsp3) is 0.333. The normalized spacial score (nSPS) is 17.4. The van der Waals surface area contributed by atoms with Crippen molar-refractivity contribution >= 4 is 34.5 Å². The van der Waals surface area contributed by atoms with E-state index in [9.17, 15) is 9.59 Å². The number of anilines is 1. The zero-order valence-corrected chi connectivity index (χ0v) is 17.9. The van der Waals surface area contributed by atoms with E-state index in [0.29, 0.717) is 44.7 Å². The van der Waals surface area contributed by atoms with Crippen LogP contribution in [0.15, 0.2) is 59.7 Å². The number of para-hydroxylation sites is 2. The Morgan fingerprint density at radius 3 is 2.59 bits per heavy atom. The highest BCUT2D eigenvalue weighted by atomic mass is 16.2. The van der Waals surface area contributed by atoms with Gasteiger partial charge in [-0.25, -0.2) is 9.99 Å². The molecule has 2 aromatic carbocycles. The highest BCUT2D eigenvalue weighted by molar-refractivity contribution is 6.39. The number of hydrogen-bond acceptors (Lipinski definition) is 5. The van der Waals surface area contributed by atoms with Crippen molar-refractivity contribution in [3.05, 3.63) is 60.2 Å². The van der Waals surface area contributed by atoms with Gasteiger partial charge in [0.15, 0.2) is 0 Å². The van der Waals surface area contributed by atoms with Gasteiger partial charge in [-0.15, -0.1) is 0 Å². The molecule has 3 aromatic rings. The summed E-state index contributed by atoms with van der Waals surface area (Å²) in [6, 6.07) is 17.7. The minimum atomic E-state index is -0.0676. The molecule has 0 spiro atoms. The van der Waals surface area contributed by atoms with E-state index in [4.69, 9.17) is 4.98 Å². The summed E-state index contributed by atoms with van der Waals surface area (Å²) in [5.74, 6) is 0.731. The van der Waals surface area contributed by atoms with Crippen molar-refractivity contribution in [1.82, 2.24) is 19.9 Å².